The van der Waals surface area contributed by atoms with Gasteiger partial charge in [0.05, 0.1) is 7.11 Å². The zero-order valence-corrected chi connectivity index (χ0v) is 16.0. The highest BCUT2D eigenvalue weighted by atomic mass is 16.5. The first kappa shape index (κ1) is 19.8. The Hall–Kier alpha value is -3.98. The summed E-state index contributed by atoms with van der Waals surface area (Å²) in [4.78, 5) is 12.3. The SMILES string of the molecule is COc1ccc(CCNC(=O)/C(C#N)=C\Nc2cccc3c(O)cccc23)cc1. The Morgan fingerprint density at radius 2 is 1.83 bits per heavy atom. The van der Waals surface area contributed by atoms with Crippen LogP contribution in [-0.4, -0.2) is 24.7 Å². The Morgan fingerprint density at radius 3 is 2.55 bits per heavy atom. The van der Waals surface area contributed by atoms with E-state index < -0.39 is 5.91 Å². The smallest absolute Gasteiger partial charge is 0.263 e. The standard InChI is InChI=1S/C23H21N3O3/c1-29-18-10-8-16(9-11-18)12-13-25-23(28)17(14-24)15-26-21-6-2-5-20-19(21)4-3-7-22(20)27/h2-11,15,26-27H,12-13H2,1H3,(H,25,28)/b17-15-. The van der Waals surface area contributed by atoms with Crippen LogP contribution in [0.1, 0.15) is 5.56 Å². The Balaban J connectivity index is 1.63. The molecular formula is C23H21N3O3. The molecular weight excluding hydrogens is 366 g/mol. The minimum absolute atomic E-state index is 0.0307. The number of rotatable bonds is 7. The molecule has 0 saturated carbocycles. The molecule has 0 saturated heterocycles. The molecule has 0 aliphatic rings. The fraction of sp³-hybridized carbons (Fsp3) is 0.130. The van der Waals surface area contributed by atoms with E-state index in [1.54, 1.807) is 31.4 Å². The number of carbonyl (C=O) groups excluding carboxylic acids is 1. The first-order valence-electron chi connectivity index (χ1n) is 9.11. The largest absolute Gasteiger partial charge is 0.507 e. The lowest BCUT2D eigenvalue weighted by molar-refractivity contribution is -0.117. The first-order chi connectivity index (χ1) is 14.1. The van der Waals surface area contributed by atoms with Crippen molar-refractivity contribution >= 4 is 22.4 Å². The number of benzene rings is 3. The van der Waals surface area contributed by atoms with Crippen LogP contribution in [0.2, 0.25) is 0 Å². The highest BCUT2D eigenvalue weighted by molar-refractivity contribution is 6.00. The van der Waals surface area contributed by atoms with E-state index in [0.29, 0.717) is 24.0 Å². The van der Waals surface area contributed by atoms with E-state index in [4.69, 9.17) is 4.74 Å². The van der Waals surface area contributed by atoms with Crippen molar-refractivity contribution in [2.45, 2.75) is 6.42 Å². The van der Waals surface area contributed by atoms with Gasteiger partial charge in [-0.3, -0.25) is 4.79 Å². The van der Waals surface area contributed by atoms with Gasteiger partial charge in [0.1, 0.15) is 23.1 Å². The van der Waals surface area contributed by atoms with Gasteiger partial charge < -0.3 is 20.5 Å². The summed E-state index contributed by atoms with van der Waals surface area (Å²) in [7, 11) is 1.61. The van der Waals surface area contributed by atoms with Crippen LogP contribution in [0.3, 0.4) is 0 Å². The van der Waals surface area contributed by atoms with Gasteiger partial charge in [0.25, 0.3) is 5.91 Å². The van der Waals surface area contributed by atoms with Crippen LogP contribution in [0.4, 0.5) is 5.69 Å². The molecule has 3 rings (SSSR count). The molecule has 0 fully saturated rings. The molecule has 3 N–H and O–H groups in total. The number of carbonyl (C=O) groups is 1. The molecule has 0 heterocycles. The molecule has 3 aromatic rings. The highest BCUT2D eigenvalue weighted by Crippen LogP contribution is 2.29. The predicted octanol–water partition coefficient (Wildman–Crippen LogP) is 3.73. The molecule has 0 aromatic heterocycles. The average molecular weight is 387 g/mol. The van der Waals surface area contributed by atoms with Crippen LogP contribution in [0.25, 0.3) is 10.8 Å². The maximum Gasteiger partial charge on any atom is 0.263 e. The Kier molecular flexibility index (Phi) is 6.33. The van der Waals surface area contributed by atoms with Crippen molar-refractivity contribution in [3.63, 3.8) is 0 Å². The van der Waals surface area contributed by atoms with Gasteiger partial charge in [0.2, 0.25) is 0 Å². The van der Waals surface area contributed by atoms with Crippen LogP contribution in [0.5, 0.6) is 11.5 Å². The normalized spacial score (nSPS) is 11.0. The number of ether oxygens (including phenoxy) is 1. The summed E-state index contributed by atoms with van der Waals surface area (Å²) in [5.74, 6) is 0.504. The van der Waals surface area contributed by atoms with E-state index in [2.05, 4.69) is 10.6 Å². The Bertz CT molecular complexity index is 1080. The van der Waals surface area contributed by atoms with Crippen LogP contribution in [-0.2, 0) is 11.2 Å². The molecule has 0 unspecified atom stereocenters. The van der Waals surface area contributed by atoms with E-state index in [-0.39, 0.29) is 11.3 Å². The van der Waals surface area contributed by atoms with Gasteiger partial charge in [-0.15, -0.1) is 0 Å². The van der Waals surface area contributed by atoms with Gasteiger partial charge >= 0.3 is 0 Å². The van der Waals surface area contributed by atoms with Crippen molar-refractivity contribution < 1.29 is 14.6 Å². The third-order valence-corrected chi connectivity index (χ3v) is 4.49. The van der Waals surface area contributed by atoms with Crippen molar-refractivity contribution in [2.75, 3.05) is 19.0 Å². The molecule has 0 bridgehead atoms. The van der Waals surface area contributed by atoms with Crippen LogP contribution >= 0.6 is 0 Å². The van der Waals surface area contributed by atoms with E-state index in [1.165, 1.54) is 6.20 Å². The maximum absolute atomic E-state index is 12.3. The molecule has 0 aliphatic heterocycles. The van der Waals surface area contributed by atoms with Crippen LogP contribution in [0.15, 0.2) is 72.4 Å². The van der Waals surface area contributed by atoms with E-state index in [1.807, 2.05) is 42.5 Å². The zero-order valence-electron chi connectivity index (χ0n) is 16.0. The second kappa shape index (κ2) is 9.29. The molecule has 29 heavy (non-hydrogen) atoms. The number of phenolic OH excluding ortho intramolecular Hbond substituents is 1. The molecule has 6 heteroatoms. The summed E-state index contributed by atoms with van der Waals surface area (Å²) in [6.45, 7) is 0.409. The lowest BCUT2D eigenvalue weighted by atomic mass is 10.1. The number of fused-ring (bicyclic) bond motifs is 1. The summed E-state index contributed by atoms with van der Waals surface area (Å²) in [6, 6.07) is 20.1. The molecule has 6 nitrogen and oxygen atoms in total. The van der Waals surface area contributed by atoms with E-state index >= 15 is 0 Å². The number of hydrogen-bond donors (Lipinski definition) is 3. The average Bonchev–Trinajstić information content (AvgIpc) is 2.75. The third kappa shape index (κ3) is 4.85. The van der Waals surface area contributed by atoms with E-state index in [9.17, 15) is 15.2 Å². The monoisotopic (exact) mass is 387 g/mol. The molecule has 1 amide bonds. The third-order valence-electron chi connectivity index (χ3n) is 4.49. The molecule has 0 spiro atoms. The second-order valence-electron chi connectivity index (χ2n) is 6.35. The Labute approximate surface area is 169 Å². The minimum Gasteiger partial charge on any atom is -0.507 e. The maximum atomic E-state index is 12.3. The molecule has 0 atom stereocenters. The summed E-state index contributed by atoms with van der Waals surface area (Å²) in [6.07, 6.45) is 2.02. The van der Waals surface area contributed by atoms with Crippen LogP contribution in [0, 0.1) is 11.3 Å². The minimum atomic E-state index is -0.448. The lowest BCUT2D eigenvalue weighted by Crippen LogP contribution is -2.27. The number of nitriles is 1. The van der Waals surface area contributed by atoms with E-state index in [0.717, 1.165) is 16.7 Å². The second-order valence-corrected chi connectivity index (χ2v) is 6.35. The molecule has 3 aromatic carbocycles. The number of nitrogens with one attached hydrogen (secondary N) is 2. The van der Waals surface area contributed by atoms with Gasteiger partial charge in [-0.05, 0) is 36.2 Å². The van der Waals surface area contributed by atoms with Crippen molar-refractivity contribution in [3.05, 3.63) is 78.0 Å². The highest BCUT2D eigenvalue weighted by Gasteiger charge is 2.09. The van der Waals surface area contributed by atoms with Crippen molar-refractivity contribution in [2.24, 2.45) is 0 Å². The van der Waals surface area contributed by atoms with Crippen LogP contribution < -0.4 is 15.4 Å². The van der Waals surface area contributed by atoms with Gasteiger partial charge in [-0.1, -0.05) is 36.4 Å². The number of nitrogens with zero attached hydrogens (tertiary/aromatic N) is 1. The van der Waals surface area contributed by atoms with Crippen molar-refractivity contribution in [1.29, 1.82) is 5.26 Å². The first-order valence-corrected chi connectivity index (χ1v) is 9.11. The topological polar surface area (TPSA) is 94.4 Å². The quantitative estimate of drug-likeness (QED) is 0.424. The van der Waals surface area contributed by atoms with Gasteiger partial charge in [0.15, 0.2) is 0 Å². The number of methoxy groups -OCH3 is 1. The summed E-state index contributed by atoms with van der Waals surface area (Å²) >= 11 is 0. The predicted molar refractivity (Wildman–Crippen MR) is 113 cm³/mol. The zero-order chi connectivity index (χ0) is 20.6. The lowest BCUT2D eigenvalue weighted by Gasteiger charge is -2.09. The summed E-state index contributed by atoms with van der Waals surface area (Å²) < 4.78 is 5.12. The molecule has 0 aliphatic carbocycles. The van der Waals surface area contributed by atoms with Crippen molar-refractivity contribution in [3.8, 4) is 17.6 Å². The molecule has 0 radical (unpaired) electrons. The fourth-order valence-corrected chi connectivity index (χ4v) is 2.93. The summed E-state index contributed by atoms with van der Waals surface area (Å²) in [5.41, 5.74) is 1.72. The Morgan fingerprint density at radius 1 is 1.10 bits per heavy atom. The van der Waals surface area contributed by atoms with Gasteiger partial charge in [-0.25, -0.2) is 0 Å². The molecule has 146 valence electrons. The van der Waals surface area contributed by atoms with Gasteiger partial charge in [0, 0.05) is 29.2 Å². The number of anilines is 1. The number of aromatic hydroxyl groups is 1. The number of amides is 1. The fourth-order valence-electron chi connectivity index (χ4n) is 2.93. The number of hydrogen-bond acceptors (Lipinski definition) is 5. The number of phenols is 1. The van der Waals surface area contributed by atoms with Gasteiger partial charge in [-0.2, -0.15) is 5.26 Å². The van der Waals surface area contributed by atoms with Crippen molar-refractivity contribution in [1.82, 2.24) is 5.32 Å². The summed E-state index contributed by atoms with van der Waals surface area (Å²) in [5, 5.41) is 26.5.